The number of benzene rings is 1. The van der Waals surface area contributed by atoms with Crippen molar-refractivity contribution in [3.05, 3.63) is 29.3 Å². The van der Waals surface area contributed by atoms with Crippen LogP contribution in [0, 0.1) is 6.92 Å². The van der Waals surface area contributed by atoms with E-state index < -0.39 is 6.04 Å². The van der Waals surface area contributed by atoms with Crippen LogP contribution in [-0.2, 0) is 9.59 Å². The van der Waals surface area contributed by atoms with Crippen molar-refractivity contribution in [3.63, 3.8) is 0 Å². The van der Waals surface area contributed by atoms with E-state index in [0.29, 0.717) is 0 Å². The molecule has 0 bridgehead atoms. The van der Waals surface area contributed by atoms with Crippen LogP contribution in [0.25, 0.3) is 0 Å². The zero-order chi connectivity index (χ0) is 11.9. The van der Waals surface area contributed by atoms with Crippen LogP contribution in [0.5, 0.6) is 0 Å². The van der Waals surface area contributed by atoms with Gasteiger partial charge in [0.2, 0.25) is 5.91 Å². The van der Waals surface area contributed by atoms with E-state index >= 15 is 0 Å². The SMILES string of the molecule is CC(=O)NC1C(=O)N(C)c2c(C)cccc21. The molecule has 1 N–H and O–H groups in total. The molecule has 1 atom stereocenters. The Hall–Kier alpha value is -1.84. The largest absolute Gasteiger partial charge is 0.341 e. The van der Waals surface area contributed by atoms with E-state index in [4.69, 9.17) is 0 Å². The lowest BCUT2D eigenvalue weighted by molar-refractivity contribution is -0.125. The Kier molecular flexibility index (Phi) is 2.42. The van der Waals surface area contributed by atoms with Crippen LogP contribution in [-0.4, -0.2) is 18.9 Å². The van der Waals surface area contributed by atoms with E-state index in [1.165, 1.54) is 6.92 Å². The van der Waals surface area contributed by atoms with E-state index in [2.05, 4.69) is 5.32 Å². The topological polar surface area (TPSA) is 49.4 Å². The van der Waals surface area contributed by atoms with Crippen LogP contribution >= 0.6 is 0 Å². The van der Waals surface area contributed by atoms with Gasteiger partial charge in [-0.25, -0.2) is 0 Å². The first-order chi connectivity index (χ1) is 7.52. The van der Waals surface area contributed by atoms with Crippen LogP contribution in [0.2, 0.25) is 0 Å². The number of rotatable bonds is 1. The molecule has 2 rings (SSSR count). The Bertz CT molecular complexity index is 468. The number of nitrogens with zero attached hydrogens (tertiary/aromatic N) is 1. The molecule has 4 nitrogen and oxygen atoms in total. The molecule has 2 amide bonds. The Morgan fingerprint density at radius 3 is 2.75 bits per heavy atom. The lowest BCUT2D eigenvalue weighted by Gasteiger charge is -2.12. The minimum Gasteiger partial charge on any atom is -0.341 e. The molecule has 1 aromatic carbocycles. The third kappa shape index (κ3) is 1.46. The number of anilines is 1. The molecule has 0 fully saturated rings. The number of hydrogen-bond donors (Lipinski definition) is 1. The monoisotopic (exact) mass is 218 g/mol. The molecule has 0 saturated carbocycles. The van der Waals surface area contributed by atoms with Gasteiger partial charge in [0.25, 0.3) is 5.91 Å². The summed E-state index contributed by atoms with van der Waals surface area (Å²) in [5, 5.41) is 2.68. The van der Waals surface area contributed by atoms with Crippen molar-refractivity contribution in [3.8, 4) is 0 Å². The third-order valence-electron chi connectivity index (χ3n) is 2.84. The Morgan fingerprint density at radius 2 is 2.12 bits per heavy atom. The summed E-state index contributed by atoms with van der Waals surface area (Å²) in [7, 11) is 1.73. The molecule has 1 heterocycles. The third-order valence-corrected chi connectivity index (χ3v) is 2.84. The predicted molar refractivity (Wildman–Crippen MR) is 61.1 cm³/mol. The van der Waals surface area contributed by atoms with Crippen LogP contribution < -0.4 is 10.2 Å². The molecule has 4 heteroatoms. The number of likely N-dealkylation sites (N-methyl/N-ethyl adjacent to an activating group) is 1. The Morgan fingerprint density at radius 1 is 1.44 bits per heavy atom. The number of amides is 2. The number of fused-ring (bicyclic) bond motifs is 1. The van der Waals surface area contributed by atoms with Gasteiger partial charge < -0.3 is 10.2 Å². The molecule has 0 saturated heterocycles. The van der Waals surface area contributed by atoms with E-state index in [1.54, 1.807) is 11.9 Å². The maximum absolute atomic E-state index is 12.0. The lowest BCUT2D eigenvalue weighted by atomic mass is 10.1. The summed E-state index contributed by atoms with van der Waals surface area (Å²) in [6.45, 7) is 3.37. The molecule has 16 heavy (non-hydrogen) atoms. The number of carbonyl (C=O) groups excluding carboxylic acids is 2. The van der Waals surface area contributed by atoms with Gasteiger partial charge in [-0.1, -0.05) is 18.2 Å². The van der Waals surface area contributed by atoms with Crippen LogP contribution in [0.4, 0.5) is 5.69 Å². The summed E-state index contributed by atoms with van der Waals surface area (Å²) in [6.07, 6.45) is 0. The average molecular weight is 218 g/mol. The van der Waals surface area contributed by atoms with Crippen molar-refractivity contribution in [2.75, 3.05) is 11.9 Å². The second-order valence-electron chi connectivity index (χ2n) is 4.04. The summed E-state index contributed by atoms with van der Waals surface area (Å²) in [5.41, 5.74) is 2.83. The fourth-order valence-corrected chi connectivity index (χ4v) is 2.15. The predicted octanol–water partition coefficient (Wildman–Crippen LogP) is 1.15. The average Bonchev–Trinajstić information content (AvgIpc) is 2.44. The maximum atomic E-state index is 12.0. The minimum absolute atomic E-state index is 0.0838. The molecule has 0 spiro atoms. The van der Waals surface area contributed by atoms with Gasteiger partial charge >= 0.3 is 0 Å². The molecular weight excluding hydrogens is 204 g/mol. The summed E-state index contributed by atoms with van der Waals surface area (Å²) in [5.74, 6) is -0.277. The number of para-hydroxylation sites is 1. The normalized spacial score (nSPS) is 18.6. The molecule has 1 aromatic rings. The standard InChI is InChI=1S/C12H14N2O2/c1-7-5-4-6-9-10(13-8(2)15)12(16)14(3)11(7)9/h4-6,10H,1-3H3,(H,13,15). The molecular formula is C12H14N2O2. The molecule has 1 aliphatic heterocycles. The minimum atomic E-state index is -0.530. The summed E-state index contributed by atoms with van der Waals surface area (Å²) in [4.78, 5) is 24.6. The quantitative estimate of drug-likeness (QED) is 0.768. The zero-order valence-electron chi connectivity index (χ0n) is 9.57. The highest BCUT2D eigenvalue weighted by Crippen LogP contribution is 2.36. The van der Waals surface area contributed by atoms with Crippen LogP contribution in [0.3, 0.4) is 0 Å². The van der Waals surface area contributed by atoms with Gasteiger partial charge in [-0.2, -0.15) is 0 Å². The van der Waals surface area contributed by atoms with Crippen LogP contribution in [0.1, 0.15) is 24.1 Å². The zero-order valence-corrected chi connectivity index (χ0v) is 9.57. The van der Waals surface area contributed by atoms with Crippen LogP contribution in [0.15, 0.2) is 18.2 Å². The van der Waals surface area contributed by atoms with Gasteiger partial charge in [0.15, 0.2) is 0 Å². The Labute approximate surface area is 94.2 Å². The first-order valence-corrected chi connectivity index (χ1v) is 5.16. The van der Waals surface area contributed by atoms with Gasteiger partial charge in [0.1, 0.15) is 6.04 Å². The van der Waals surface area contributed by atoms with Crippen molar-refractivity contribution >= 4 is 17.5 Å². The number of nitrogens with one attached hydrogen (secondary N) is 1. The van der Waals surface area contributed by atoms with Crippen molar-refractivity contribution in [2.24, 2.45) is 0 Å². The van der Waals surface area contributed by atoms with E-state index in [-0.39, 0.29) is 11.8 Å². The number of hydrogen-bond acceptors (Lipinski definition) is 2. The van der Waals surface area contributed by atoms with Gasteiger partial charge in [-0.05, 0) is 12.5 Å². The molecule has 1 aliphatic rings. The number of aryl methyl sites for hydroxylation is 1. The smallest absolute Gasteiger partial charge is 0.254 e. The van der Waals surface area contributed by atoms with Crippen molar-refractivity contribution in [2.45, 2.75) is 19.9 Å². The summed E-state index contributed by atoms with van der Waals surface area (Å²) >= 11 is 0. The van der Waals surface area contributed by atoms with E-state index in [1.807, 2.05) is 25.1 Å². The number of carbonyl (C=O) groups is 2. The Balaban J connectivity index is 2.50. The summed E-state index contributed by atoms with van der Waals surface area (Å²) < 4.78 is 0. The molecule has 0 aliphatic carbocycles. The van der Waals surface area contributed by atoms with Crippen molar-refractivity contribution in [1.29, 1.82) is 0 Å². The second kappa shape index (κ2) is 3.63. The van der Waals surface area contributed by atoms with Gasteiger partial charge in [-0.15, -0.1) is 0 Å². The highest BCUT2D eigenvalue weighted by Gasteiger charge is 2.36. The second-order valence-corrected chi connectivity index (χ2v) is 4.04. The highest BCUT2D eigenvalue weighted by atomic mass is 16.2. The maximum Gasteiger partial charge on any atom is 0.254 e. The molecule has 1 unspecified atom stereocenters. The van der Waals surface area contributed by atoms with Crippen molar-refractivity contribution < 1.29 is 9.59 Å². The van der Waals surface area contributed by atoms with E-state index in [9.17, 15) is 9.59 Å². The fourth-order valence-electron chi connectivity index (χ4n) is 2.15. The molecule has 0 aromatic heterocycles. The van der Waals surface area contributed by atoms with Gasteiger partial charge in [0, 0.05) is 19.5 Å². The van der Waals surface area contributed by atoms with Gasteiger partial charge in [-0.3, -0.25) is 9.59 Å². The molecule has 0 radical (unpaired) electrons. The van der Waals surface area contributed by atoms with Gasteiger partial charge in [0.05, 0.1) is 5.69 Å². The van der Waals surface area contributed by atoms with Crippen molar-refractivity contribution in [1.82, 2.24) is 5.32 Å². The van der Waals surface area contributed by atoms with E-state index in [0.717, 1.165) is 16.8 Å². The first kappa shape index (κ1) is 10.7. The fraction of sp³-hybridized carbons (Fsp3) is 0.333. The lowest BCUT2D eigenvalue weighted by Crippen LogP contribution is -2.34. The highest BCUT2D eigenvalue weighted by molar-refractivity contribution is 6.06. The first-order valence-electron chi connectivity index (χ1n) is 5.16. The molecule has 84 valence electrons. The summed E-state index contributed by atoms with van der Waals surface area (Å²) in [6, 6.07) is 5.20.